The highest BCUT2D eigenvalue weighted by Gasteiger charge is 2.51. The zero-order chi connectivity index (χ0) is 54.5. The van der Waals surface area contributed by atoms with Gasteiger partial charge in [0.2, 0.25) is 0 Å². The Morgan fingerprint density at radius 1 is 0.551 bits per heavy atom. The van der Waals surface area contributed by atoms with Gasteiger partial charge in [-0.3, -0.25) is 9.59 Å². The molecule has 6 heterocycles. The topological polar surface area (TPSA) is 179 Å². The van der Waals surface area contributed by atoms with Crippen LogP contribution in [0, 0.1) is 0 Å². The largest absolute Gasteiger partial charge is 0.441 e. The molecule has 0 radical (unpaired) electrons. The first-order chi connectivity index (χ1) is 37.8. The highest BCUT2D eigenvalue weighted by Crippen LogP contribution is 2.42. The first-order valence-corrected chi connectivity index (χ1v) is 27.9. The van der Waals surface area contributed by atoms with Crippen molar-refractivity contribution in [1.29, 1.82) is 0 Å². The van der Waals surface area contributed by atoms with E-state index in [1.54, 1.807) is 21.9 Å². The van der Waals surface area contributed by atoms with Crippen LogP contribution in [0.25, 0.3) is 0 Å². The van der Waals surface area contributed by atoms with E-state index in [4.69, 9.17) is 84.3 Å². The monoisotopic (exact) mass is 1150 g/mol. The molecule has 0 aromatic heterocycles. The molecule has 18 nitrogen and oxygen atoms in total. The van der Waals surface area contributed by atoms with E-state index < -0.39 is 36.6 Å². The van der Waals surface area contributed by atoms with Crippen LogP contribution in [0.3, 0.4) is 0 Å². The average molecular weight is 1150 g/mol. The number of benzene rings is 4. The summed E-state index contributed by atoms with van der Waals surface area (Å²) >= 11 is 26.0. The second-order valence-corrected chi connectivity index (χ2v) is 22.2. The third-order valence-electron chi connectivity index (χ3n) is 15.1. The number of amides is 4. The minimum atomic E-state index is -0.681. The number of likely N-dealkylation sites (N-methyl/N-ethyl adjacent to an activating group) is 2. The Balaban J connectivity index is 0.537. The minimum Gasteiger partial charge on any atom is -0.441 e. The van der Waals surface area contributed by atoms with Crippen molar-refractivity contribution in [3.8, 4) is 0 Å². The van der Waals surface area contributed by atoms with Crippen molar-refractivity contribution in [3.63, 3.8) is 0 Å². The predicted octanol–water partition coefficient (Wildman–Crippen LogP) is 7.12. The molecular weight excluding hydrogens is 1090 g/mol. The van der Waals surface area contributed by atoms with Gasteiger partial charge >= 0.3 is 12.2 Å². The van der Waals surface area contributed by atoms with Crippen LogP contribution in [0.5, 0.6) is 0 Å². The third-order valence-corrected chi connectivity index (χ3v) is 16.2. The van der Waals surface area contributed by atoms with Gasteiger partial charge in [-0.25, -0.2) is 9.59 Å². The highest BCUT2D eigenvalue weighted by molar-refractivity contribution is 6.35. The van der Waals surface area contributed by atoms with Gasteiger partial charge in [0.05, 0.1) is 66.1 Å². The van der Waals surface area contributed by atoms with Gasteiger partial charge < -0.3 is 68.1 Å². The normalized spacial score (nSPS) is 22.5. The molecule has 22 heteroatoms. The van der Waals surface area contributed by atoms with Crippen molar-refractivity contribution in [3.05, 3.63) is 136 Å². The van der Waals surface area contributed by atoms with Crippen LogP contribution in [-0.4, -0.2) is 187 Å². The Labute approximate surface area is 473 Å². The second kappa shape index (κ2) is 25.8. The maximum atomic E-state index is 13.4. The molecule has 4 aromatic rings. The fourth-order valence-electron chi connectivity index (χ4n) is 11.2. The number of halogens is 4. The Morgan fingerprint density at radius 2 is 0.962 bits per heavy atom. The number of alkyl carbamates (subject to hydrolysis) is 2. The van der Waals surface area contributed by atoms with Gasteiger partial charge in [-0.05, 0) is 95.0 Å². The SMILES string of the molecule is CN1Cc2c(Cl)cc(Cl)cc2C(c2ccc3c(c2)C(=O)N(CCOCCOCCNC(=O)OC2COC4C(OC(=O)NCCOCCOCCN5Cc6ccc(C7CN(C)Cc8c(Cl)cc(Cl)cc87)cc6C5=O)COC24)C3)C1. The lowest BCUT2D eigenvalue weighted by Crippen LogP contribution is -2.40. The molecule has 10 rings (SSSR count). The third kappa shape index (κ3) is 13.2. The summed E-state index contributed by atoms with van der Waals surface area (Å²) in [5.74, 6) is 0.0491. The van der Waals surface area contributed by atoms with Crippen molar-refractivity contribution >= 4 is 70.4 Å². The number of nitrogens with one attached hydrogen (secondary N) is 2. The van der Waals surface area contributed by atoms with Crippen molar-refractivity contribution in [2.45, 2.75) is 62.4 Å². The molecule has 0 aliphatic carbocycles. The van der Waals surface area contributed by atoms with E-state index in [1.165, 1.54) is 0 Å². The van der Waals surface area contributed by atoms with E-state index in [1.807, 2.05) is 36.4 Å². The molecule has 4 amide bonds. The highest BCUT2D eigenvalue weighted by atomic mass is 35.5. The second-order valence-electron chi connectivity index (χ2n) is 20.5. The first kappa shape index (κ1) is 56.5. The molecule has 418 valence electrons. The predicted molar refractivity (Wildman–Crippen MR) is 291 cm³/mol. The smallest absolute Gasteiger partial charge is 0.407 e. The molecule has 6 atom stereocenters. The van der Waals surface area contributed by atoms with Crippen LogP contribution >= 0.6 is 46.4 Å². The van der Waals surface area contributed by atoms with Gasteiger partial charge in [0.15, 0.2) is 12.2 Å². The molecule has 4 aromatic carbocycles. The Bertz CT molecular complexity index is 2680. The van der Waals surface area contributed by atoms with Gasteiger partial charge in [0, 0.05) is 109 Å². The Morgan fingerprint density at radius 3 is 1.38 bits per heavy atom. The Kier molecular flexibility index (Phi) is 18.7. The summed E-state index contributed by atoms with van der Waals surface area (Å²) in [7, 11) is 4.13. The lowest BCUT2D eigenvalue weighted by molar-refractivity contribution is -0.0129. The Hall–Kier alpha value is -4.80. The van der Waals surface area contributed by atoms with Crippen LogP contribution in [-0.2, 0) is 64.1 Å². The molecule has 78 heavy (non-hydrogen) atoms. The van der Waals surface area contributed by atoms with E-state index in [0.717, 1.165) is 70.7 Å². The molecule has 0 saturated carbocycles. The molecule has 0 spiro atoms. The standard InChI is InChI=1S/C56H64Cl4N6O12/c1-63-27-43(41-21-37(57)23-47(59)45(41)29-63)33-3-5-35-25-65(53(67)39(35)19-33)9-13-73-17-15-71-11-7-61-55(69)77-49-31-75-52-50(32-76-51(49)52)78-56(70)62-8-12-72-16-18-74-14-10-66-26-36-6-4-34(20-40(36)54(66)68)44-28-64(2)30-46-42(44)22-38(58)24-48(46)60/h3-6,19-24,43-44,49-52H,7-18,25-32H2,1-2H3,(H,61,69)(H,62,70). The summed E-state index contributed by atoms with van der Waals surface area (Å²) in [5, 5.41) is 7.86. The fourth-order valence-corrected chi connectivity index (χ4v) is 12.4. The number of fused-ring (bicyclic) bond motifs is 5. The number of hydrogen-bond donors (Lipinski definition) is 2. The average Bonchev–Trinajstić information content (AvgIpc) is 4.30. The number of carbonyl (C=O) groups is 4. The van der Waals surface area contributed by atoms with Crippen molar-refractivity contribution < 1.29 is 57.1 Å². The van der Waals surface area contributed by atoms with Gasteiger partial charge in [0.1, 0.15) is 12.2 Å². The molecule has 2 saturated heterocycles. The lowest BCUT2D eigenvalue weighted by atomic mass is 9.84. The van der Waals surface area contributed by atoms with Gasteiger partial charge in [-0.2, -0.15) is 0 Å². The maximum Gasteiger partial charge on any atom is 0.407 e. The van der Waals surface area contributed by atoms with Crippen molar-refractivity contribution in [2.24, 2.45) is 0 Å². The van der Waals surface area contributed by atoms with E-state index in [0.29, 0.717) is 97.0 Å². The molecule has 6 aliphatic heterocycles. The first-order valence-electron chi connectivity index (χ1n) is 26.4. The zero-order valence-corrected chi connectivity index (χ0v) is 46.6. The van der Waals surface area contributed by atoms with E-state index in [9.17, 15) is 19.2 Å². The number of ether oxygens (including phenoxy) is 8. The quantitative estimate of drug-likeness (QED) is 0.0760. The summed E-state index contributed by atoms with van der Waals surface area (Å²) in [6, 6.07) is 19.8. The molecule has 2 N–H and O–H groups in total. The summed E-state index contributed by atoms with van der Waals surface area (Å²) < 4.78 is 45.5. The summed E-state index contributed by atoms with van der Waals surface area (Å²) in [5.41, 5.74) is 9.84. The van der Waals surface area contributed by atoms with E-state index in [2.05, 4.69) is 46.7 Å². The van der Waals surface area contributed by atoms with Crippen LogP contribution in [0.2, 0.25) is 20.1 Å². The van der Waals surface area contributed by atoms with Crippen molar-refractivity contribution in [2.75, 3.05) is 119 Å². The van der Waals surface area contributed by atoms with Gasteiger partial charge in [-0.15, -0.1) is 0 Å². The van der Waals surface area contributed by atoms with Gasteiger partial charge in [-0.1, -0.05) is 70.7 Å². The fraction of sp³-hybridized carbons (Fsp3) is 0.500. The zero-order valence-electron chi connectivity index (χ0n) is 43.6. The number of carbonyl (C=O) groups excluding carboxylic acids is 4. The van der Waals surface area contributed by atoms with Crippen LogP contribution < -0.4 is 10.6 Å². The maximum absolute atomic E-state index is 13.4. The number of hydrogen-bond acceptors (Lipinski definition) is 14. The lowest BCUT2D eigenvalue weighted by Gasteiger charge is -2.33. The number of nitrogens with zero attached hydrogens (tertiary/aromatic N) is 4. The molecule has 6 unspecified atom stereocenters. The molecule has 6 aliphatic rings. The van der Waals surface area contributed by atoms with E-state index in [-0.39, 0.29) is 63.2 Å². The molecular formula is C56H64Cl4N6O12. The van der Waals surface area contributed by atoms with E-state index >= 15 is 0 Å². The van der Waals surface area contributed by atoms with Crippen LogP contribution in [0.1, 0.15) is 77.1 Å². The summed E-state index contributed by atoms with van der Waals surface area (Å²) in [6.07, 6.45) is -3.84. The van der Waals surface area contributed by atoms with Gasteiger partial charge in [0.25, 0.3) is 11.8 Å². The molecule has 0 bridgehead atoms. The molecule has 2 fully saturated rings. The number of rotatable bonds is 22. The van der Waals surface area contributed by atoms with Crippen LogP contribution in [0.4, 0.5) is 9.59 Å². The minimum absolute atomic E-state index is 0.0194. The van der Waals surface area contributed by atoms with Crippen LogP contribution in [0.15, 0.2) is 60.7 Å². The summed E-state index contributed by atoms with van der Waals surface area (Å²) in [6.45, 7) is 8.01. The summed E-state index contributed by atoms with van der Waals surface area (Å²) in [4.78, 5) is 60.1. The van der Waals surface area contributed by atoms with Crippen molar-refractivity contribution in [1.82, 2.24) is 30.2 Å².